The standard InChI is InChI=1S/C16H21NO3/c1-2-12-7-9-13(10-8-12)14(18)11-17-15(19)5-3-4-6-16(17)20/h7-10,14,18H,2-6,11H2,1H3. The third kappa shape index (κ3) is 3.45. The lowest BCUT2D eigenvalue weighted by Crippen LogP contribution is -2.38. The first-order valence-corrected chi connectivity index (χ1v) is 7.22. The summed E-state index contributed by atoms with van der Waals surface area (Å²) in [5.74, 6) is -0.339. The van der Waals surface area contributed by atoms with Gasteiger partial charge in [-0.25, -0.2) is 0 Å². The number of benzene rings is 1. The van der Waals surface area contributed by atoms with Gasteiger partial charge in [-0.2, -0.15) is 0 Å². The Morgan fingerprint density at radius 2 is 1.65 bits per heavy atom. The number of β-amino-alcohol motifs (C(OH)–C–C–N with tert-alkyl or cyclic N) is 1. The van der Waals surface area contributed by atoms with Crippen LogP contribution in [0.15, 0.2) is 24.3 Å². The zero-order valence-corrected chi connectivity index (χ0v) is 11.8. The van der Waals surface area contributed by atoms with Crippen molar-refractivity contribution in [1.82, 2.24) is 4.90 Å². The van der Waals surface area contributed by atoms with Crippen LogP contribution in [0.5, 0.6) is 0 Å². The lowest BCUT2D eigenvalue weighted by Gasteiger charge is -2.22. The average molecular weight is 275 g/mol. The number of hydrogen-bond donors (Lipinski definition) is 1. The summed E-state index contributed by atoms with van der Waals surface area (Å²) in [6, 6.07) is 7.64. The predicted octanol–water partition coefficient (Wildman–Crippen LogP) is 2.21. The summed E-state index contributed by atoms with van der Waals surface area (Å²) in [7, 11) is 0. The van der Waals surface area contributed by atoms with E-state index in [2.05, 4.69) is 6.92 Å². The summed E-state index contributed by atoms with van der Waals surface area (Å²) in [5.41, 5.74) is 1.94. The first-order valence-electron chi connectivity index (χ1n) is 7.22. The van der Waals surface area contributed by atoms with Crippen molar-refractivity contribution in [3.8, 4) is 0 Å². The zero-order chi connectivity index (χ0) is 14.5. The Balaban J connectivity index is 2.06. The van der Waals surface area contributed by atoms with Gasteiger partial charge in [0.25, 0.3) is 0 Å². The second kappa shape index (κ2) is 6.66. The van der Waals surface area contributed by atoms with Crippen molar-refractivity contribution in [2.24, 2.45) is 0 Å². The molecule has 1 aliphatic rings. The quantitative estimate of drug-likeness (QED) is 0.857. The van der Waals surface area contributed by atoms with Gasteiger partial charge in [-0.1, -0.05) is 31.2 Å². The Bertz CT molecular complexity index is 463. The third-order valence-electron chi connectivity index (χ3n) is 3.76. The molecule has 1 unspecified atom stereocenters. The van der Waals surface area contributed by atoms with Crippen LogP contribution in [0.1, 0.15) is 49.8 Å². The van der Waals surface area contributed by atoms with Crippen molar-refractivity contribution in [2.45, 2.75) is 45.1 Å². The second-order valence-corrected chi connectivity index (χ2v) is 5.22. The van der Waals surface area contributed by atoms with E-state index < -0.39 is 6.10 Å². The van der Waals surface area contributed by atoms with Crippen LogP contribution in [0.4, 0.5) is 0 Å². The van der Waals surface area contributed by atoms with Gasteiger partial charge < -0.3 is 5.11 Å². The van der Waals surface area contributed by atoms with Crippen LogP contribution in [0, 0.1) is 0 Å². The summed E-state index contributed by atoms with van der Waals surface area (Å²) < 4.78 is 0. The van der Waals surface area contributed by atoms with Gasteiger partial charge in [0.15, 0.2) is 0 Å². The minimum absolute atomic E-state index is 0.0587. The number of aliphatic hydroxyl groups is 1. The molecule has 1 saturated heterocycles. The molecule has 2 amide bonds. The summed E-state index contributed by atoms with van der Waals surface area (Å²) in [4.78, 5) is 25.0. The van der Waals surface area contributed by atoms with Crippen LogP contribution in [-0.2, 0) is 16.0 Å². The summed E-state index contributed by atoms with van der Waals surface area (Å²) in [6.07, 6.45) is 2.43. The molecule has 1 N–H and O–H groups in total. The first-order chi connectivity index (χ1) is 9.61. The number of hydrogen-bond acceptors (Lipinski definition) is 3. The third-order valence-corrected chi connectivity index (χ3v) is 3.76. The number of aryl methyl sites for hydroxylation is 1. The molecule has 1 atom stereocenters. The van der Waals surface area contributed by atoms with E-state index in [0.29, 0.717) is 12.8 Å². The van der Waals surface area contributed by atoms with E-state index in [4.69, 9.17) is 0 Å². The monoisotopic (exact) mass is 275 g/mol. The topological polar surface area (TPSA) is 57.6 Å². The van der Waals surface area contributed by atoms with E-state index in [1.807, 2.05) is 24.3 Å². The molecule has 1 fully saturated rings. The number of amides is 2. The molecular weight excluding hydrogens is 254 g/mol. The maximum atomic E-state index is 11.9. The molecule has 4 nitrogen and oxygen atoms in total. The molecule has 0 aromatic heterocycles. The summed E-state index contributed by atoms with van der Waals surface area (Å²) in [6.45, 7) is 2.13. The lowest BCUT2D eigenvalue weighted by atomic mass is 10.1. The van der Waals surface area contributed by atoms with Gasteiger partial charge in [0.05, 0.1) is 12.6 Å². The molecule has 1 heterocycles. The van der Waals surface area contributed by atoms with Crippen molar-refractivity contribution in [3.63, 3.8) is 0 Å². The average Bonchev–Trinajstić information content (AvgIpc) is 2.62. The molecule has 0 radical (unpaired) electrons. The van der Waals surface area contributed by atoms with E-state index in [1.54, 1.807) is 0 Å². The smallest absolute Gasteiger partial charge is 0.229 e. The minimum atomic E-state index is -0.813. The molecule has 4 heteroatoms. The summed E-state index contributed by atoms with van der Waals surface area (Å²) >= 11 is 0. The molecule has 1 aliphatic heterocycles. The van der Waals surface area contributed by atoms with Crippen LogP contribution in [0.2, 0.25) is 0 Å². The molecule has 0 bridgehead atoms. The molecule has 2 rings (SSSR count). The van der Waals surface area contributed by atoms with Crippen LogP contribution in [0.25, 0.3) is 0 Å². The molecule has 108 valence electrons. The Labute approximate surface area is 119 Å². The van der Waals surface area contributed by atoms with E-state index >= 15 is 0 Å². The lowest BCUT2D eigenvalue weighted by molar-refractivity contribution is -0.145. The van der Waals surface area contributed by atoms with Gasteiger partial charge in [-0.05, 0) is 30.4 Å². The van der Waals surface area contributed by atoms with Gasteiger partial charge in [0, 0.05) is 12.8 Å². The van der Waals surface area contributed by atoms with E-state index in [0.717, 1.165) is 24.8 Å². The van der Waals surface area contributed by atoms with Gasteiger partial charge in [0.1, 0.15) is 0 Å². The Morgan fingerprint density at radius 1 is 1.10 bits per heavy atom. The highest BCUT2D eigenvalue weighted by molar-refractivity contribution is 5.96. The minimum Gasteiger partial charge on any atom is -0.387 e. The molecule has 0 aliphatic carbocycles. The van der Waals surface area contributed by atoms with Crippen molar-refractivity contribution >= 4 is 11.8 Å². The molecule has 0 saturated carbocycles. The fourth-order valence-corrected chi connectivity index (χ4v) is 2.42. The van der Waals surface area contributed by atoms with Gasteiger partial charge in [-0.3, -0.25) is 14.5 Å². The largest absolute Gasteiger partial charge is 0.387 e. The number of rotatable bonds is 4. The van der Waals surface area contributed by atoms with Crippen LogP contribution >= 0.6 is 0 Å². The van der Waals surface area contributed by atoms with E-state index in [9.17, 15) is 14.7 Å². The van der Waals surface area contributed by atoms with Crippen molar-refractivity contribution < 1.29 is 14.7 Å². The fourth-order valence-electron chi connectivity index (χ4n) is 2.42. The van der Waals surface area contributed by atoms with Crippen molar-refractivity contribution in [2.75, 3.05) is 6.54 Å². The molecule has 20 heavy (non-hydrogen) atoms. The highest BCUT2D eigenvalue weighted by atomic mass is 16.3. The van der Waals surface area contributed by atoms with Crippen LogP contribution in [-0.4, -0.2) is 28.4 Å². The maximum absolute atomic E-state index is 11.9. The van der Waals surface area contributed by atoms with Crippen molar-refractivity contribution in [1.29, 1.82) is 0 Å². The summed E-state index contributed by atoms with van der Waals surface area (Å²) in [5, 5.41) is 10.2. The van der Waals surface area contributed by atoms with E-state index in [-0.39, 0.29) is 18.4 Å². The highest BCUT2D eigenvalue weighted by Gasteiger charge is 2.26. The number of likely N-dealkylation sites (tertiary alicyclic amines) is 1. The van der Waals surface area contributed by atoms with Gasteiger partial charge in [-0.15, -0.1) is 0 Å². The second-order valence-electron chi connectivity index (χ2n) is 5.22. The normalized spacial score (nSPS) is 18.0. The number of carbonyl (C=O) groups is 2. The van der Waals surface area contributed by atoms with Crippen LogP contribution < -0.4 is 0 Å². The molecule has 1 aromatic rings. The predicted molar refractivity (Wildman–Crippen MR) is 76.0 cm³/mol. The Kier molecular flexibility index (Phi) is 4.90. The number of aliphatic hydroxyl groups excluding tert-OH is 1. The Morgan fingerprint density at radius 3 is 2.15 bits per heavy atom. The number of nitrogens with zero attached hydrogens (tertiary/aromatic N) is 1. The number of imide groups is 1. The van der Waals surface area contributed by atoms with E-state index in [1.165, 1.54) is 10.5 Å². The van der Waals surface area contributed by atoms with Gasteiger partial charge >= 0.3 is 0 Å². The van der Waals surface area contributed by atoms with Crippen molar-refractivity contribution in [3.05, 3.63) is 35.4 Å². The first kappa shape index (κ1) is 14.7. The van der Waals surface area contributed by atoms with Crippen LogP contribution in [0.3, 0.4) is 0 Å². The fraction of sp³-hybridized carbons (Fsp3) is 0.500. The highest BCUT2D eigenvalue weighted by Crippen LogP contribution is 2.19. The number of carbonyl (C=O) groups excluding carboxylic acids is 2. The van der Waals surface area contributed by atoms with Gasteiger partial charge in [0.2, 0.25) is 11.8 Å². The SMILES string of the molecule is CCc1ccc(C(O)CN2C(=O)CCCCC2=O)cc1. The Hall–Kier alpha value is -1.68. The molecule has 1 aromatic carbocycles. The maximum Gasteiger partial charge on any atom is 0.229 e. The molecular formula is C16H21NO3. The molecule has 0 spiro atoms. The zero-order valence-electron chi connectivity index (χ0n) is 11.8.